The largest absolute Gasteiger partial charge is 0.485 e. The van der Waals surface area contributed by atoms with Crippen molar-refractivity contribution < 1.29 is 9.13 Å². The van der Waals surface area contributed by atoms with E-state index in [2.05, 4.69) is 22.1 Å². The first kappa shape index (κ1) is 16.6. The second kappa shape index (κ2) is 8.61. The van der Waals surface area contributed by atoms with Gasteiger partial charge >= 0.3 is 0 Å². The van der Waals surface area contributed by atoms with Gasteiger partial charge in [-0.3, -0.25) is 0 Å². The summed E-state index contributed by atoms with van der Waals surface area (Å²) >= 11 is 0. The zero-order chi connectivity index (χ0) is 15.8. The fourth-order valence-electron chi connectivity index (χ4n) is 2.51. The molecule has 1 unspecified atom stereocenters. The number of halogens is 1. The molecule has 0 aromatic heterocycles. The van der Waals surface area contributed by atoms with Crippen molar-refractivity contribution in [3.63, 3.8) is 0 Å². The first-order valence-electron chi connectivity index (χ1n) is 8.19. The van der Waals surface area contributed by atoms with Gasteiger partial charge in [-0.05, 0) is 38.3 Å². The monoisotopic (exact) mass is 307 g/mol. The standard InChI is InChI=1S/C17H26FN3O/c1-3-14(22-16-10-6-5-9-15(16)18)13-20-17(19-4-2)21-11-7-8-12-21/h5-6,9-10,14H,3-4,7-8,11-13H2,1-2H3,(H,19,20). The molecule has 22 heavy (non-hydrogen) atoms. The molecule has 1 aliphatic rings. The van der Waals surface area contributed by atoms with E-state index in [0.29, 0.717) is 12.3 Å². The number of likely N-dealkylation sites (tertiary alicyclic amines) is 1. The second-order valence-electron chi connectivity index (χ2n) is 5.47. The van der Waals surface area contributed by atoms with Gasteiger partial charge in [0.25, 0.3) is 0 Å². The lowest BCUT2D eigenvalue weighted by atomic mass is 10.2. The lowest BCUT2D eigenvalue weighted by Crippen LogP contribution is -2.40. The van der Waals surface area contributed by atoms with Crippen LogP contribution in [0.5, 0.6) is 5.75 Å². The highest BCUT2D eigenvalue weighted by Crippen LogP contribution is 2.18. The smallest absolute Gasteiger partial charge is 0.194 e. The fourth-order valence-corrected chi connectivity index (χ4v) is 2.51. The van der Waals surface area contributed by atoms with Crippen molar-refractivity contribution in [2.75, 3.05) is 26.2 Å². The van der Waals surface area contributed by atoms with Gasteiger partial charge in [-0.1, -0.05) is 19.1 Å². The number of rotatable bonds is 6. The van der Waals surface area contributed by atoms with E-state index in [1.807, 2.05) is 6.92 Å². The molecule has 1 aliphatic heterocycles. The summed E-state index contributed by atoms with van der Waals surface area (Å²) in [5.41, 5.74) is 0. The van der Waals surface area contributed by atoms with Gasteiger partial charge in [-0.15, -0.1) is 0 Å². The predicted molar refractivity (Wildman–Crippen MR) is 87.9 cm³/mol. The molecule has 1 aromatic carbocycles. The van der Waals surface area contributed by atoms with Crippen LogP contribution in [0.2, 0.25) is 0 Å². The molecule has 0 amide bonds. The summed E-state index contributed by atoms with van der Waals surface area (Å²) in [5.74, 6) is 0.919. The number of para-hydroxylation sites is 1. The van der Waals surface area contributed by atoms with Gasteiger partial charge in [0.2, 0.25) is 0 Å². The van der Waals surface area contributed by atoms with Crippen molar-refractivity contribution in [1.82, 2.24) is 10.2 Å². The molecule has 2 rings (SSSR count). The Morgan fingerprint density at radius 1 is 1.32 bits per heavy atom. The maximum Gasteiger partial charge on any atom is 0.194 e. The Kier molecular flexibility index (Phi) is 6.49. The van der Waals surface area contributed by atoms with Crippen LogP contribution in [-0.4, -0.2) is 43.1 Å². The molecule has 0 saturated carbocycles. The summed E-state index contributed by atoms with van der Waals surface area (Å²) in [4.78, 5) is 6.95. The Labute approximate surface area is 132 Å². The number of guanidine groups is 1. The summed E-state index contributed by atoms with van der Waals surface area (Å²) in [5, 5.41) is 3.33. The summed E-state index contributed by atoms with van der Waals surface area (Å²) in [6.07, 6.45) is 3.10. The molecule has 1 aromatic rings. The van der Waals surface area contributed by atoms with Crippen molar-refractivity contribution in [3.8, 4) is 5.75 Å². The highest BCUT2D eigenvalue weighted by molar-refractivity contribution is 5.80. The number of nitrogens with zero attached hydrogens (tertiary/aromatic N) is 2. The van der Waals surface area contributed by atoms with Crippen LogP contribution in [0.3, 0.4) is 0 Å². The van der Waals surface area contributed by atoms with E-state index in [1.165, 1.54) is 18.9 Å². The van der Waals surface area contributed by atoms with E-state index in [4.69, 9.17) is 4.74 Å². The molecule has 1 heterocycles. The maximum absolute atomic E-state index is 13.7. The van der Waals surface area contributed by atoms with Gasteiger partial charge in [0.15, 0.2) is 17.5 Å². The predicted octanol–water partition coefficient (Wildman–Crippen LogP) is 3.04. The van der Waals surface area contributed by atoms with Crippen molar-refractivity contribution >= 4 is 5.96 Å². The Hall–Kier alpha value is -1.78. The lowest BCUT2D eigenvalue weighted by molar-refractivity contribution is 0.196. The number of aliphatic imine (C=N–C) groups is 1. The van der Waals surface area contributed by atoms with Crippen LogP contribution >= 0.6 is 0 Å². The van der Waals surface area contributed by atoms with E-state index in [1.54, 1.807) is 18.2 Å². The summed E-state index contributed by atoms with van der Waals surface area (Å²) < 4.78 is 19.4. The zero-order valence-corrected chi connectivity index (χ0v) is 13.5. The van der Waals surface area contributed by atoms with Crippen LogP contribution in [-0.2, 0) is 0 Å². The van der Waals surface area contributed by atoms with Crippen molar-refractivity contribution in [1.29, 1.82) is 0 Å². The molecule has 1 atom stereocenters. The molecule has 1 saturated heterocycles. The molecule has 0 spiro atoms. The van der Waals surface area contributed by atoms with Gasteiger partial charge in [0.05, 0.1) is 6.54 Å². The number of hydrogen-bond donors (Lipinski definition) is 1. The van der Waals surface area contributed by atoms with Gasteiger partial charge in [0, 0.05) is 19.6 Å². The number of nitrogens with one attached hydrogen (secondary N) is 1. The van der Waals surface area contributed by atoms with Gasteiger partial charge in [-0.2, -0.15) is 0 Å². The maximum atomic E-state index is 13.7. The van der Waals surface area contributed by atoms with Crippen LogP contribution in [0.1, 0.15) is 33.1 Å². The van der Waals surface area contributed by atoms with Crippen LogP contribution in [0.15, 0.2) is 29.3 Å². The van der Waals surface area contributed by atoms with E-state index in [-0.39, 0.29) is 11.9 Å². The van der Waals surface area contributed by atoms with Crippen LogP contribution in [0.25, 0.3) is 0 Å². The molecule has 1 N–H and O–H groups in total. The third-order valence-electron chi connectivity index (χ3n) is 3.77. The normalized spacial score (nSPS) is 16.7. The Morgan fingerprint density at radius 2 is 2.05 bits per heavy atom. The van der Waals surface area contributed by atoms with Crippen LogP contribution in [0, 0.1) is 5.82 Å². The lowest BCUT2D eigenvalue weighted by Gasteiger charge is -2.22. The summed E-state index contributed by atoms with van der Waals surface area (Å²) in [6, 6.07) is 6.52. The molecule has 122 valence electrons. The highest BCUT2D eigenvalue weighted by atomic mass is 19.1. The quantitative estimate of drug-likeness (QED) is 0.648. The topological polar surface area (TPSA) is 36.9 Å². The van der Waals surface area contributed by atoms with E-state index in [0.717, 1.165) is 32.0 Å². The highest BCUT2D eigenvalue weighted by Gasteiger charge is 2.17. The number of hydrogen-bond acceptors (Lipinski definition) is 2. The third-order valence-corrected chi connectivity index (χ3v) is 3.77. The van der Waals surface area contributed by atoms with Gasteiger partial charge in [0.1, 0.15) is 6.10 Å². The minimum Gasteiger partial charge on any atom is -0.485 e. The van der Waals surface area contributed by atoms with Gasteiger partial charge in [-0.25, -0.2) is 9.38 Å². The second-order valence-corrected chi connectivity index (χ2v) is 5.47. The van der Waals surface area contributed by atoms with Crippen molar-refractivity contribution in [2.45, 2.75) is 39.2 Å². The Bertz CT molecular complexity index is 487. The summed E-state index contributed by atoms with van der Waals surface area (Å²) in [6.45, 7) is 7.58. The Morgan fingerprint density at radius 3 is 2.68 bits per heavy atom. The first-order chi connectivity index (χ1) is 10.7. The van der Waals surface area contributed by atoms with E-state index >= 15 is 0 Å². The number of benzene rings is 1. The van der Waals surface area contributed by atoms with Crippen LogP contribution in [0.4, 0.5) is 4.39 Å². The van der Waals surface area contributed by atoms with E-state index < -0.39 is 0 Å². The molecule has 0 bridgehead atoms. The average molecular weight is 307 g/mol. The molecular formula is C17H26FN3O. The minimum absolute atomic E-state index is 0.117. The molecule has 5 heteroatoms. The third kappa shape index (κ3) is 4.61. The molecule has 1 fully saturated rings. The van der Waals surface area contributed by atoms with Crippen molar-refractivity contribution in [3.05, 3.63) is 30.1 Å². The fraction of sp³-hybridized carbons (Fsp3) is 0.588. The average Bonchev–Trinajstić information content (AvgIpc) is 3.06. The first-order valence-corrected chi connectivity index (χ1v) is 8.19. The minimum atomic E-state index is -0.323. The molecule has 4 nitrogen and oxygen atoms in total. The molecule has 0 radical (unpaired) electrons. The van der Waals surface area contributed by atoms with Crippen molar-refractivity contribution in [2.24, 2.45) is 4.99 Å². The summed E-state index contributed by atoms with van der Waals surface area (Å²) in [7, 11) is 0. The SMILES string of the molecule is CCNC(=NCC(CC)Oc1ccccc1F)N1CCCC1. The Balaban J connectivity index is 1.98. The zero-order valence-electron chi connectivity index (χ0n) is 13.5. The molecular weight excluding hydrogens is 281 g/mol. The molecule has 0 aliphatic carbocycles. The van der Waals surface area contributed by atoms with Crippen LogP contribution < -0.4 is 10.1 Å². The number of ether oxygens (including phenoxy) is 1. The van der Waals surface area contributed by atoms with E-state index in [9.17, 15) is 4.39 Å². The van der Waals surface area contributed by atoms with Gasteiger partial charge < -0.3 is 15.0 Å².